The van der Waals surface area contributed by atoms with Crippen LogP contribution in [0.25, 0.3) is 0 Å². The molecule has 0 saturated heterocycles. The summed E-state index contributed by atoms with van der Waals surface area (Å²) in [6, 6.07) is 0. The molecule has 0 bridgehead atoms. The van der Waals surface area contributed by atoms with Crippen molar-refractivity contribution < 1.29 is 0 Å². The zero-order valence-corrected chi connectivity index (χ0v) is 25.7. The van der Waals surface area contributed by atoms with Crippen LogP contribution in [0, 0.1) is 39.4 Å². The van der Waals surface area contributed by atoms with Gasteiger partial charge >= 0.3 is 0 Å². The summed E-state index contributed by atoms with van der Waals surface area (Å²) >= 11 is 0. The Hall–Kier alpha value is 0. The fourth-order valence-electron chi connectivity index (χ4n) is 2.58. The number of hydrogen-bond donors (Lipinski definition) is 0. The smallest absolute Gasteiger partial charge is 0.0354 e. The molecule has 0 radical (unpaired) electrons. The van der Waals surface area contributed by atoms with Crippen molar-refractivity contribution >= 4 is 0 Å². The zero-order chi connectivity index (χ0) is 25.7. The molecule has 0 aliphatic heterocycles. The molecule has 0 amide bonds. The minimum atomic E-state index is 0.500. The first kappa shape index (κ1) is 35.6. The molecule has 1 fully saturated rings. The molecule has 1 atom stereocenters. The molecule has 0 spiro atoms. The highest BCUT2D eigenvalue weighted by atomic mass is 14.3. The van der Waals surface area contributed by atoms with Crippen molar-refractivity contribution in [3.63, 3.8) is 0 Å². The lowest BCUT2D eigenvalue weighted by atomic mass is 9.72. The van der Waals surface area contributed by atoms with Crippen LogP contribution in [0.3, 0.4) is 0 Å². The highest BCUT2D eigenvalue weighted by molar-refractivity contribution is 4.76. The molecule has 31 heavy (non-hydrogen) atoms. The third-order valence-corrected chi connectivity index (χ3v) is 7.71. The van der Waals surface area contributed by atoms with E-state index in [0.29, 0.717) is 21.7 Å². The van der Waals surface area contributed by atoms with Crippen molar-refractivity contribution in [2.75, 3.05) is 0 Å². The van der Waals surface area contributed by atoms with Gasteiger partial charge in [0.25, 0.3) is 0 Å². The largest absolute Gasteiger partial charge is 0.0651 e. The van der Waals surface area contributed by atoms with Gasteiger partial charge in [0.2, 0.25) is 0 Å². The quantitative estimate of drug-likeness (QED) is 0.380. The van der Waals surface area contributed by atoms with Crippen LogP contribution >= 0.6 is 0 Å². The first-order chi connectivity index (χ1) is 13.6. The highest BCUT2D eigenvalue weighted by Crippen LogP contribution is 2.37. The molecule has 1 saturated carbocycles. The van der Waals surface area contributed by atoms with Crippen LogP contribution in [0.2, 0.25) is 0 Å². The Bertz CT molecular complexity index is 380. The fourth-order valence-corrected chi connectivity index (χ4v) is 2.58. The molecule has 0 heteroatoms. The summed E-state index contributed by atoms with van der Waals surface area (Å²) in [5, 5.41) is 0. The van der Waals surface area contributed by atoms with Gasteiger partial charge in [-0.1, -0.05) is 150 Å². The lowest BCUT2D eigenvalue weighted by Crippen LogP contribution is -2.22. The molecule has 0 aromatic carbocycles. The second-order valence-electron chi connectivity index (χ2n) is 14.8. The standard InChI is InChI=1S/C10H20.C8H18.C7H16.C6H14/c1-10(2,3)9-7-5-4-6-8-9;1-6-7(2)8(3,4)5;1-6(2)7(3,4)5;1-5-6(2,3)4/h9H,4-8H2,1-3H3;7H,6H2,1-5H3;6H,1-5H3;5H2,1-4H3. The molecule has 0 nitrogen and oxygen atoms in total. The minimum absolute atomic E-state index is 0.500. The molecular formula is C31H68. The fraction of sp³-hybridized carbons (Fsp3) is 1.00. The average Bonchev–Trinajstić information content (AvgIpc) is 2.60. The van der Waals surface area contributed by atoms with Gasteiger partial charge in [-0.3, -0.25) is 0 Å². The second kappa shape index (κ2) is 15.8. The summed E-state index contributed by atoms with van der Waals surface area (Å²) in [4.78, 5) is 0. The van der Waals surface area contributed by atoms with E-state index in [2.05, 4.69) is 118 Å². The van der Waals surface area contributed by atoms with E-state index < -0.39 is 0 Å². The van der Waals surface area contributed by atoms with Gasteiger partial charge in [-0.25, -0.2) is 0 Å². The van der Waals surface area contributed by atoms with Crippen molar-refractivity contribution in [3.05, 3.63) is 0 Å². The van der Waals surface area contributed by atoms with Crippen LogP contribution in [0.15, 0.2) is 0 Å². The molecule has 0 N–H and O–H groups in total. The van der Waals surface area contributed by atoms with Gasteiger partial charge < -0.3 is 0 Å². The Morgan fingerprint density at radius 2 is 0.935 bits per heavy atom. The van der Waals surface area contributed by atoms with Gasteiger partial charge in [0.1, 0.15) is 0 Å². The second-order valence-corrected chi connectivity index (χ2v) is 14.8. The van der Waals surface area contributed by atoms with E-state index >= 15 is 0 Å². The van der Waals surface area contributed by atoms with E-state index in [0.717, 1.165) is 17.8 Å². The van der Waals surface area contributed by atoms with Crippen molar-refractivity contribution in [2.24, 2.45) is 39.4 Å². The predicted molar refractivity (Wildman–Crippen MR) is 149 cm³/mol. The van der Waals surface area contributed by atoms with Crippen LogP contribution in [-0.4, -0.2) is 0 Å². The molecule has 0 aromatic rings. The molecule has 192 valence electrons. The van der Waals surface area contributed by atoms with Crippen LogP contribution in [0.5, 0.6) is 0 Å². The van der Waals surface area contributed by atoms with Gasteiger partial charge in [0, 0.05) is 0 Å². The summed E-state index contributed by atoms with van der Waals surface area (Å²) in [5.41, 5.74) is 2.12. The Kier molecular flexibility index (Phi) is 18.1. The van der Waals surface area contributed by atoms with Crippen molar-refractivity contribution in [1.82, 2.24) is 0 Å². The SMILES string of the molecule is CC(C)(C)C1CCCCC1.CC(C)C(C)(C)C.CCC(C)(C)C.CCC(C)C(C)(C)C. The summed E-state index contributed by atoms with van der Waals surface area (Å²) in [5.74, 6) is 2.65. The van der Waals surface area contributed by atoms with Crippen LogP contribution < -0.4 is 0 Å². The van der Waals surface area contributed by atoms with Gasteiger partial charge in [0.15, 0.2) is 0 Å². The van der Waals surface area contributed by atoms with Crippen LogP contribution in [0.4, 0.5) is 0 Å². The van der Waals surface area contributed by atoms with Gasteiger partial charge in [-0.15, -0.1) is 0 Å². The summed E-state index contributed by atoms with van der Waals surface area (Å²) < 4.78 is 0. The van der Waals surface area contributed by atoms with Crippen molar-refractivity contribution in [1.29, 1.82) is 0 Å². The van der Waals surface area contributed by atoms with E-state index in [9.17, 15) is 0 Å². The van der Waals surface area contributed by atoms with Crippen molar-refractivity contribution in [3.8, 4) is 0 Å². The van der Waals surface area contributed by atoms with Gasteiger partial charge in [0.05, 0.1) is 0 Å². The molecule has 0 heterocycles. The summed E-state index contributed by atoms with van der Waals surface area (Å²) in [6.07, 6.45) is 9.94. The topological polar surface area (TPSA) is 0 Å². The first-order valence-electron chi connectivity index (χ1n) is 13.6. The van der Waals surface area contributed by atoms with Gasteiger partial charge in [-0.2, -0.15) is 0 Å². The summed E-state index contributed by atoms with van der Waals surface area (Å²) in [7, 11) is 0. The number of rotatable bonds is 1. The lowest BCUT2D eigenvalue weighted by molar-refractivity contribution is 0.180. The van der Waals surface area contributed by atoms with E-state index in [1.54, 1.807) is 0 Å². The van der Waals surface area contributed by atoms with Crippen molar-refractivity contribution in [2.45, 2.75) is 163 Å². The zero-order valence-electron chi connectivity index (χ0n) is 25.7. The molecule has 0 aromatic heterocycles. The Labute approximate surface area is 202 Å². The normalized spacial score (nSPS) is 16.8. The molecule has 1 aliphatic rings. The van der Waals surface area contributed by atoms with Gasteiger partial charge in [-0.05, 0) is 52.3 Å². The van der Waals surface area contributed by atoms with Crippen LogP contribution in [-0.2, 0) is 0 Å². The Morgan fingerprint density at radius 1 is 0.613 bits per heavy atom. The van der Waals surface area contributed by atoms with E-state index in [4.69, 9.17) is 0 Å². The lowest BCUT2D eigenvalue weighted by Gasteiger charge is -2.33. The van der Waals surface area contributed by atoms with E-state index in [-0.39, 0.29) is 0 Å². The number of hydrogen-bond acceptors (Lipinski definition) is 0. The first-order valence-corrected chi connectivity index (χ1v) is 13.6. The molecule has 1 rings (SSSR count). The third-order valence-electron chi connectivity index (χ3n) is 7.71. The van der Waals surface area contributed by atoms with E-state index in [1.807, 2.05) is 0 Å². The maximum absolute atomic E-state index is 2.38. The Balaban J connectivity index is -0.000000345. The minimum Gasteiger partial charge on any atom is -0.0651 e. The monoisotopic (exact) mass is 441 g/mol. The maximum atomic E-state index is 2.38. The Morgan fingerprint density at radius 3 is 1.03 bits per heavy atom. The molecule has 1 aliphatic carbocycles. The predicted octanol–water partition coefficient (Wildman–Crippen LogP) is 11.8. The van der Waals surface area contributed by atoms with E-state index in [1.165, 1.54) is 44.9 Å². The molecular weight excluding hydrogens is 372 g/mol. The van der Waals surface area contributed by atoms with Crippen LogP contribution in [0.1, 0.15) is 163 Å². The highest BCUT2D eigenvalue weighted by Gasteiger charge is 2.25. The molecule has 1 unspecified atom stereocenters. The summed E-state index contributed by atoms with van der Waals surface area (Å²) in [6.45, 7) is 38.8. The third kappa shape index (κ3) is 24.5. The average molecular weight is 441 g/mol. The maximum Gasteiger partial charge on any atom is -0.0354 e.